The fraction of sp³-hybridized carbons (Fsp3) is 0.471. The van der Waals surface area contributed by atoms with Crippen LogP contribution in [0.25, 0.3) is 0 Å². The van der Waals surface area contributed by atoms with Gasteiger partial charge in [-0.3, -0.25) is 0 Å². The molecule has 1 aliphatic rings. The molecular weight excluding hydrogens is 288 g/mol. The first-order valence-electron chi connectivity index (χ1n) is 8.20. The van der Waals surface area contributed by atoms with Gasteiger partial charge in [0.25, 0.3) is 0 Å². The Bertz CT molecular complexity index is 698. The maximum Gasteiger partial charge on any atom is 0.421 e. The molecule has 0 unspecified atom stereocenters. The van der Waals surface area contributed by atoms with Crippen LogP contribution in [0.2, 0.25) is 0 Å². The van der Waals surface area contributed by atoms with Crippen LogP contribution in [-0.2, 0) is 14.1 Å². The summed E-state index contributed by atoms with van der Waals surface area (Å²) >= 11 is 0. The van der Waals surface area contributed by atoms with Crippen LogP contribution in [0.4, 0.5) is 23.0 Å². The van der Waals surface area contributed by atoms with Crippen LogP contribution in [0.3, 0.4) is 0 Å². The highest BCUT2D eigenvalue weighted by Gasteiger charge is 2.21. The van der Waals surface area contributed by atoms with E-state index >= 15 is 0 Å². The third-order valence-corrected chi connectivity index (χ3v) is 4.44. The van der Waals surface area contributed by atoms with Crippen LogP contribution in [0.5, 0.6) is 0 Å². The van der Waals surface area contributed by atoms with E-state index in [2.05, 4.69) is 46.0 Å². The molecular formula is C17H25N6+. The molecule has 0 saturated carbocycles. The van der Waals surface area contributed by atoms with E-state index in [4.69, 9.17) is 0 Å². The van der Waals surface area contributed by atoms with Crippen molar-refractivity contribution in [2.45, 2.75) is 13.8 Å². The minimum atomic E-state index is 0.824. The van der Waals surface area contributed by atoms with Gasteiger partial charge in [0.15, 0.2) is 0 Å². The van der Waals surface area contributed by atoms with Crippen LogP contribution in [-0.4, -0.2) is 30.7 Å². The Morgan fingerprint density at radius 2 is 1.74 bits per heavy atom. The second kappa shape index (κ2) is 6.40. The highest BCUT2D eigenvalue weighted by atomic mass is 15.3. The monoisotopic (exact) mass is 313 g/mol. The van der Waals surface area contributed by atoms with Crippen LogP contribution < -0.4 is 14.4 Å². The van der Waals surface area contributed by atoms with E-state index in [9.17, 15) is 0 Å². The van der Waals surface area contributed by atoms with E-state index in [-0.39, 0.29) is 0 Å². The van der Waals surface area contributed by atoms with E-state index in [0.29, 0.717) is 0 Å². The largest absolute Gasteiger partial charge is 0.421 e. The molecule has 122 valence electrons. The van der Waals surface area contributed by atoms with Crippen molar-refractivity contribution in [1.82, 2.24) is 4.57 Å². The Morgan fingerprint density at radius 1 is 1.04 bits per heavy atom. The predicted molar refractivity (Wildman–Crippen MR) is 93.0 cm³/mol. The van der Waals surface area contributed by atoms with Crippen molar-refractivity contribution >= 4 is 23.0 Å². The van der Waals surface area contributed by atoms with Crippen molar-refractivity contribution in [3.8, 4) is 0 Å². The zero-order valence-electron chi connectivity index (χ0n) is 14.4. The molecule has 23 heavy (non-hydrogen) atoms. The second-order valence-electron chi connectivity index (χ2n) is 5.85. The van der Waals surface area contributed by atoms with Crippen molar-refractivity contribution in [3.63, 3.8) is 0 Å². The summed E-state index contributed by atoms with van der Waals surface area (Å²) in [7, 11) is 3.94. The average Bonchev–Trinajstić information content (AvgIpc) is 2.90. The van der Waals surface area contributed by atoms with Gasteiger partial charge in [0.2, 0.25) is 0 Å². The van der Waals surface area contributed by atoms with Crippen molar-refractivity contribution in [1.29, 1.82) is 0 Å². The molecule has 2 heterocycles. The Morgan fingerprint density at radius 3 is 2.35 bits per heavy atom. The lowest BCUT2D eigenvalue weighted by atomic mass is 10.1. The first kappa shape index (κ1) is 15.5. The summed E-state index contributed by atoms with van der Waals surface area (Å²) in [5.41, 5.74) is 3.44. The molecule has 6 nitrogen and oxygen atoms in total. The van der Waals surface area contributed by atoms with Gasteiger partial charge in [-0.1, -0.05) is 5.11 Å². The normalized spacial score (nSPS) is 14.6. The van der Waals surface area contributed by atoms with E-state index in [0.717, 1.165) is 37.8 Å². The van der Waals surface area contributed by atoms with Gasteiger partial charge in [-0.05, 0) is 32.0 Å². The SMILES string of the molecule is CCN1CCN(CC)c2cc(N=Nc3n(C)cc[n+]3C)ccc21. The number of azo groups is 1. The fourth-order valence-electron chi connectivity index (χ4n) is 3.06. The lowest BCUT2D eigenvalue weighted by Gasteiger charge is -2.38. The molecule has 0 spiro atoms. The average molecular weight is 313 g/mol. The van der Waals surface area contributed by atoms with Gasteiger partial charge in [0.1, 0.15) is 5.69 Å². The van der Waals surface area contributed by atoms with Crippen LogP contribution in [0.15, 0.2) is 40.8 Å². The third kappa shape index (κ3) is 2.93. The molecule has 0 amide bonds. The lowest BCUT2D eigenvalue weighted by molar-refractivity contribution is -0.657. The topological polar surface area (TPSA) is 40.0 Å². The third-order valence-electron chi connectivity index (χ3n) is 4.44. The zero-order valence-corrected chi connectivity index (χ0v) is 14.4. The Balaban J connectivity index is 1.93. The summed E-state index contributed by atoms with van der Waals surface area (Å²) in [5, 5.41) is 8.83. The van der Waals surface area contributed by atoms with Crippen molar-refractivity contribution < 1.29 is 4.57 Å². The summed E-state index contributed by atoms with van der Waals surface area (Å²) < 4.78 is 3.91. The Labute approximate surface area is 137 Å². The fourth-order valence-corrected chi connectivity index (χ4v) is 3.06. The number of imidazole rings is 1. The molecule has 0 N–H and O–H groups in total. The number of likely N-dealkylation sites (N-methyl/N-ethyl adjacent to an activating group) is 2. The summed E-state index contributed by atoms with van der Waals surface area (Å²) in [4.78, 5) is 4.82. The molecule has 0 saturated heterocycles. The van der Waals surface area contributed by atoms with Crippen molar-refractivity contribution in [2.75, 3.05) is 36.0 Å². The highest BCUT2D eigenvalue weighted by Crippen LogP contribution is 2.36. The summed E-state index contributed by atoms with van der Waals surface area (Å²) in [5.74, 6) is 0.824. The Kier molecular flexibility index (Phi) is 4.32. The predicted octanol–water partition coefficient (Wildman–Crippen LogP) is 2.93. The second-order valence-corrected chi connectivity index (χ2v) is 5.85. The number of fused-ring (bicyclic) bond motifs is 1. The zero-order chi connectivity index (χ0) is 16.4. The van der Waals surface area contributed by atoms with E-state index < -0.39 is 0 Å². The molecule has 1 aromatic heterocycles. The van der Waals surface area contributed by atoms with Gasteiger partial charge < -0.3 is 9.80 Å². The van der Waals surface area contributed by atoms with Gasteiger partial charge >= 0.3 is 5.95 Å². The number of rotatable bonds is 4. The molecule has 0 fully saturated rings. The Hall–Kier alpha value is -2.37. The van der Waals surface area contributed by atoms with E-state index in [1.807, 2.05) is 41.7 Å². The van der Waals surface area contributed by atoms with Crippen LogP contribution in [0, 0.1) is 0 Å². The van der Waals surface area contributed by atoms with E-state index in [1.165, 1.54) is 11.4 Å². The number of hydrogen-bond donors (Lipinski definition) is 0. The van der Waals surface area contributed by atoms with Gasteiger partial charge in [-0.2, -0.15) is 0 Å². The molecule has 2 aromatic rings. The van der Waals surface area contributed by atoms with Crippen LogP contribution >= 0.6 is 0 Å². The number of anilines is 2. The van der Waals surface area contributed by atoms with Gasteiger partial charge in [0.05, 0.1) is 37.9 Å². The highest BCUT2D eigenvalue weighted by molar-refractivity contribution is 5.76. The number of aromatic nitrogens is 2. The number of benzene rings is 1. The summed E-state index contributed by atoms with van der Waals surface area (Å²) in [6, 6.07) is 6.36. The molecule has 0 aliphatic carbocycles. The minimum absolute atomic E-state index is 0.824. The lowest BCUT2D eigenvalue weighted by Crippen LogP contribution is -2.40. The molecule has 0 atom stereocenters. The molecule has 0 radical (unpaired) electrons. The maximum absolute atomic E-state index is 4.44. The molecule has 6 heteroatoms. The van der Waals surface area contributed by atoms with Crippen molar-refractivity contribution in [3.05, 3.63) is 30.6 Å². The maximum atomic E-state index is 4.44. The molecule has 1 aliphatic heterocycles. The van der Waals surface area contributed by atoms with Gasteiger partial charge in [-0.25, -0.2) is 9.13 Å². The molecule has 0 bridgehead atoms. The minimum Gasteiger partial charge on any atom is -0.368 e. The summed E-state index contributed by atoms with van der Waals surface area (Å²) in [6.45, 7) is 8.59. The smallest absolute Gasteiger partial charge is 0.368 e. The first-order valence-corrected chi connectivity index (χ1v) is 8.20. The van der Waals surface area contributed by atoms with Crippen LogP contribution in [0.1, 0.15) is 13.8 Å². The first-order chi connectivity index (χ1) is 11.1. The van der Waals surface area contributed by atoms with Gasteiger partial charge in [0, 0.05) is 31.3 Å². The molecule has 1 aromatic carbocycles. The van der Waals surface area contributed by atoms with Gasteiger partial charge in [-0.15, -0.1) is 0 Å². The standard InChI is InChI=1S/C17H25N6/c1-5-22-11-12-23(6-2)16-13-14(7-8-15(16)22)18-19-17-20(3)9-10-21(17)4/h7-10,13H,5-6,11-12H2,1-4H3/q+1. The number of hydrogen-bond acceptors (Lipinski definition) is 4. The molecule has 3 rings (SSSR count). The van der Waals surface area contributed by atoms with E-state index in [1.54, 1.807) is 0 Å². The quantitative estimate of drug-likeness (QED) is 0.643. The number of aryl methyl sites for hydroxylation is 2. The number of nitrogens with zero attached hydrogens (tertiary/aromatic N) is 6. The van der Waals surface area contributed by atoms with Crippen molar-refractivity contribution in [2.24, 2.45) is 24.3 Å². The summed E-state index contributed by atoms with van der Waals surface area (Å²) in [6.07, 6.45) is 3.94.